The Balaban J connectivity index is 1.70. The van der Waals surface area contributed by atoms with E-state index >= 15 is 0 Å². The van der Waals surface area contributed by atoms with Gasteiger partial charge in [-0.05, 0) is 30.2 Å². The molecule has 2 rings (SSSR count). The van der Waals surface area contributed by atoms with Crippen LogP contribution in [0.15, 0.2) is 48.5 Å². The number of nitrogens with one attached hydrogen (secondary N) is 2. The molecule has 0 aliphatic carbocycles. The van der Waals surface area contributed by atoms with Gasteiger partial charge in [-0.3, -0.25) is 0 Å². The molecule has 0 aromatic heterocycles. The second kappa shape index (κ2) is 9.29. The van der Waals surface area contributed by atoms with Crippen molar-refractivity contribution in [3.8, 4) is 17.2 Å². The fraction of sp³-hybridized carbons (Fsp3) is 0.278. The van der Waals surface area contributed by atoms with Crippen molar-refractivity contribution >= 4 is 6.03 Å². The highest BCUT2D eigenvalue weighted by molar-refractivity contribution is 5.73. The van der Waals surface area contributed by atoms with E-state index in [0.29, 0.717) is 24.5 Å². The van der Waals surface area contributed by atoms with Crippen LogP contribution in [0.25, 0.3) is 0 Å². The Kier molecular flexibility index (Phi) is 6.76. The van der Waals surface area contributed by atoms with Gasteiger partial charge in [-0.25, -0.2) is 4.79 Å². The van der Waals surface area contributed by atoms with E-state index in [1.165, 1.54) is 0 Å². The van der Waals surface area contributed by atoms with Gasteiger partial charge >= 0.3 is 6.03 Å². The van der Waals surface area contributed by atoms with Crippen molar-refractivity contribution in [3.05, 3.63) is 54.1 Å². The van der Waals surface area contributed by atoms with Crippen molar-refractivity contribution in [2.75, 3.05) is 27.5 Å². The Hall–Kier alpha value is -2.89. The summed E-state index contributed by atoms with van der Waals surface area (Å²) in [5.41, 5.74) is 1.05. The van der Waals surface area contributed by atoms with Crippen LogP contribution in [0.4, 0.5) is 4.79 Å². The molecule has 128 valence electrons. The number of ether oxygens (including phenoxy) is 3. The van der Waals surface area contributed by atoms with Crippen molar-refractivity contribution in [1.29, 1.82) is 0 Å². The zero-order chi connectivity index (χ0) is 17.2. The van der Waals surface area contributed by atoms with E-state index < -0.39 is 0 Å². The summed E-state index contributed by atoms with van der Waals surface area (Å²) in [4.78, 5) is 11.8. The van der Waals surface area contributed by atoms with Crippen molar-refractivity contribution in [2.45, 2.75) is 6.42 Å². The average Bonchev–Trinajstić information content (AvgIpc) is 2.62. The molecule has 0 unspecified atom stereocenters. The largest absolute Gasteiger partial charge is 0.496 e. The van der Waals surface area contributed by atoms with Gasteiger partial charge in [-0.15, -0.1) is 0 Å². The highest BCUT2D eigenvalue weighted by atomic mass is 16.5. The van der Waals surface area contributed by atoms with E-state index in [2.05, 4.69) is 10.6 Å². The standard InChI is InChI=1S/C18H22N2O4/c1-22-15-8-4-3-7-14(15)11-12-19-18(21)20-13-24-17-10-6-5-9-16(17)23-2/h3-10H,11-13H2,1-2H3,(H2,19,20,21). The second-order valence-corrected chi connectivity index (χ2v) is 4.93. The van der Waals surface area contributed by atoms with Gasteiger partial charge < -0.3 is 24.8 Å². The molecular weight excluding hydrogens is 308 g/mol. The normalized spacial score (nSPS) is 9.92. The minimum absolute atomic E-state index is 0.0564. The molecule has 0 heterocycles. The second-order valence-electron chi connectivity index (χ2n) is 4.93. The van der Waals surface area contributed by atoms with Gasteiger partial charge in [0.25, 0.3) is 0 Å². The maximum atomic E-state index is 11.8. The van der Waals surface area contributed by atoms with Gasteiger partial charge in [0, 0.05) is 6.54 Å². The average molecular weight is 330 g/mol. The van der Waals surface area contributed by atoms with Crippen LogP contribution in [0.2, 0.25) is 0 Å². The van der Waals surface area contributed by atoms with Gasteiger partial charge in [-0.2, -0.15) is 0 Å². The molecular formula is C18H22N2O4. The molecule has 0 saturated heterocycles. The molecule has 2 N–H and O–H groups in total. The lowest BCUT2D eigenvalue weighted by molar-refractivity contribution is 0.221. The number of carbonyl (C=O) groups is 1. The number of para-hydroxylation sites is 3. The van der Waals surface area contributed by atoms with Gasteiger partial charge in [0.15, 0.2) is 18.2 Å². The summed E-state index contributed by atoms with van der Waals surface area (Å²) < 4.78 is 15.9. The Morgan fingerprint density at radius 2 is 1.50 bits per heavy atom. The van der Waals surface area contributed by atoms with Crippen LogP contribution < -0.4 is 24.8 Å². The molecule has 2 amide bonds. The van der Waals surface area contributed by atoms with Crippen molar-refractivity contribution < 1.29 is 19.0 Å². The molecule has 6 heteroatoms. The van der Waals surface area contributed by atoms with Crippen LogP contribution in [0.5, 0.6) is 17.2 Å². The lowest BCUT2D eigenvalue weighted by Crippen LogP contribution is -2.38. The molecule has 0 fully saturated rings. The third-order valence-electron chi connectivity index (χ3n) is 3.40. The maximum Gasteiger partial charge on any atom is 0.317 e. The number of methoxy groups -OCH3 is 2. The molecule has 2 aromatic rings. The SMILES string of the molecule is COc1ccccc1CCNC(=O)NCOc1ccccc1OC. The number of amides is 2. The molecule has 2 aromatic carbocycles. The van der Waals surface area contributed by atoms with Gasteiger partial charge in [0.1, 0.15) is 5.75 Å². The van der Waals surface area contributed by atoms with Crippen LogP contribution >= 0.6 is 0 Å². The van der Waals surface area contributed by atoms with Gasteiger partial charge in [0.05, 0.1) is 14.2 Å². The first kappa shape index (κ1) is 17.5. The van der Waals surface area contributed by atoms with Crippen molar-refractivity contribution in [2.24, 2.45) is 0 Å². The summed E-state index contributed by atoms with van der Waals surface area (Å²) in [5.74, 6) is 2.02. The molecule has 0 radical (unpaired) electrons. The summed E-state index contributed by atoms with van der Waals surface area (Å²) in [5, 5.41) is 5.42. The predicted octanol–water partition coefficient (Wildman–Crippen LogP) is 2.58. The summed E-state index contributed by atoms with van der Waals surface area (Å²) in [6.07, 6.45) is 0.685. The summed E-state index contributed by atoms with van der Waals surface area (Å²) in [6, 6.07) is 14.7. The Morgan fingerprint density at radius 1 is 0.875 bits per heavy atom. The zero-order valence-electron chi connectivity index (χ0n) is 13.9. The van der Waals surface area contributed by atoms with E-state index in [0.717, 1.165) is 11.3 Å². The minimum Gasteiger partial charge on any atom is -0.496 e. The molecule has 0 saturated carbocycles. The zero-order valence-corrected chi connectivity index (χ0v) is 13.9. The molecule has 0 spiro atoms. The van der Waals surface area contributed by atoms with Crippen molar-refractivity contribution in [3.63, 3.8) is 0 Å². The monoisotopic (exact) mass is 330 g/mol. The third kappa shape index (κ3) is 5.08. The van der Waals surface area contributed by atoms with E-state index in [-0.39, 0.29) is 12.8 Å². The van der Waals surface area contributed by atoms with E-state index in [9.17, 15) is 4.79 Å². The van der Waals surface area contributed by atoms with Crippen molar-refractivity contribution in [1.82, 2.24) is 10.6 Å². The Morgan fingerprint density at radius 3 is 2.21 bits per heavy atom. The number of hydrogen-bond acceptors (Lipinski definition) is 4. The lowest BCUT2D eigenvalue weighted by atomic mass is 10.1. The first-order valence-corrected chi connectivity index (χ1v) is 7.64. The van der Waals surface area contributed by atoms with Gasteiger partial charge in [-0.1, -0.05) is 30.3 Å². The number of benzene rings is 2. The molecule has 24 heavy (non-hydrogen) atoms. The summed E-state index contributed by atoms with van der Waals surface area (Å²) in [7, 11) is 3.20. The van der Waals surface area contributed by atoms with Crippen LogP contribution in [-0.2, 0) is 6.42 Å². The van der Waals surface area contributed by atoms with E-state index in [1.807, 2.05) is 36.4 Å². The summed E-state index contributed by atoms with van der Waals surface area (Å²) in [6.45, 7) is 0.557. The molecule has 0 bridgehead atoms. The minimum atomic E-state index is -0.292. The molecule has 0 aliphatic heterocycles. The third-order valence-corrected chi connectivity index (χ3v) is 3.40. The number of urea groups is 1. The highest BCUT2D eigenvalue weighted by Gasteiger charge is 2.05. The van der Waals surface area contributed by atoms with E-state index in [1.54, 1.807) is 26.4 Å². The molecule has 0 atom stereocenters. The number of carbonyl (C=O) groups excluding carboxylic acids is 1. The first-order valence-electron chi connectivity index (χ1n) is 7.64. The Bertz CT molecular complexity index is 605. The topological polar surface area (TPSA) is 68.8 Å². The molecule has 6 nitrogen and oxygen atoms in total. The van der Waals surface area contributed by atoms with Crippen LogP contribution in [0.3, 0.4) is 0 Å². The van der Waals surface area contributed by atoms with Crippen LogP contribution in [0, 0.1) is 0 Å². The predicted molar refractivity (Wildman–Crippen MR) is 91.7 cm³/mol. The number of rotatable bonds is 8. The first-order chi connectivity index (χ1) is 11.7. The fourth-order valence-electron chi connectivity index (χ4n) is 2.20. The van der Waals surface area contributed by atoms with Crippen LogP contribution in [-0.4, -0.2) is 33.5 Å². The fourth-order valence-corrected chi connectivity index (χ4v) is 2.20. The lowest BCUT2D eigenvalue weighted by Gasteiger charge is -2.12. The quantitative estimate of drug-likeness (QED) is 0.730. The summed E-state index contributed by atoms with van der Waals surface area (Å²) >= 11 is 0. The Labute approximate surface area is 141 Å². The smallest absolute Gasteiger partial charge is 0.317 e. The van der Waals surface area contributed by atoms with E-state index in [4.69, 9.17) is 14.2 Å². The van der Waals surface area contributed by atoms with Gasteiger partial charge in [0.2, 0.25) is 0 Å². The maximum absolute atomic E-state index is 11.8. The highest BCUT2D eigenvalue weighted by Crippen LogP contribution is 2.25. The van der Waals surface area contributed by atoms with Crippen LogP contribution in [0.1, 0.15) is 5.56 Å². The molecule has 0 aliphatic rings. The number of hydrogen-bond donors (Lipinski definition) is 2.